The molecule has 3 N–H and O–H groups in total. The van der Waals surface area contributed by atoms with Gasteiger partial charge in [-0.05, 0) is 57.2 Å². The third-order valence-electron chi connectivity index (χ3n) is 5.87. The highest BCUT2D eigenvalue weighted by atomic mass is 127. The summed E-state index contributed by atoms with van der Waals surface area (Å²) in [4.78, 5) is 11.2. The van der Waals surface area contributed by atoms with E-state index in [1.165, 1.54) is 0 Å². The molecule has 4 rings (SSSR count). The van der Waals surface area contributed by atoms with Crippen molar-refractivity contribution < 1.29 is 9.50 Å². The van der Waals surface area contributed by atoms with Gasteiger partial charge in [-0.25, -0.2) is 19.0 Å². The van der Waals surface area contributed by atoms with Gasteiger partial charge in [0, 0.05) is 26.2 Å². The molecule has 1 aromatic heterocycles. The average Bonchev–Trinajstić information content (AvgIpc) is 3.14. The average molecular weight is 557 g/mol. The molecule has 0 radical (unpaired) electrons. The molecule has 32 heavy (non-hydrogen) atoms. The Morgan fingerprint density at radius 1 is 1.25 bits per heavy atom. The fourth-order valence-electron chi connectivity index (χ4n) is 4.27. The number of anilines is 1. The monoisotopic (exact) mass is 557 g/mol. The molecule has 2 aliphatic rings. The summed E-state index contributed by atoms with van der Waals surface area (Å²) in [5, 5.41) is 20.9. The number of benzene rings is 1. The number of aliphatic imine (C=N–C) groups is 1. The van der Waals surface area contributed by atoms with Crippen LogP contribution in [0.15, 0.2) is 23.2 Å². The molecular weight excluding hydrogens is 524 g/mol. The molecule has 1 atom stereocenters. The van der Waals surface area contributed by atoms with Crippen LogP contribution >= 0.6 is 24.0 Å². The topological polar surface area (TPSA) is 90.6 Å². The number of fused-ring (bicyclic) bond motifs is 1. The van der Waals surface area contributed by atoms with E-state index < -0.39 is 0 Å². The Bertz CT molecular complexity index is 927. The van der Waals surface area contributed by atoms with Gasteiger partial charge in [0.05, 0.1) is 24.4 Å². The first-order valence-electron chi connectivity index (χ1n) is 11.2. The minimum atomic E-state index is -0.271. The van der Waals surface area contributed by atoms with E-state index in [2.05, 4.69) is 25.7 Å². The van der Waals surface area contributed by atoms with Gasteiger partial charge in [-0.15, -0.1) is 24.0 Å². The number of hydrogen-bond acceptors (Lipinski definition) is 5. The van der Waals surface area contributed by atoms with Crippen molar-refractivity contribution in [3.05, 3.63) is 41.2 Å². The molecule has 0 saturated carbocycles. The number of guanidine groups is 1. The molecule has 1 aromatic carbocycles. The van der Waals surface area contributed by atoms with Crippen LogP contribution in [0.4, 0.5) is 10.1 Å². The number of hydrogen-bond donors (Lipinski definition) is 3. The molecule has 0 aliphatic carbocycles. The van der Waals surface area contributed by atoms with Crippen molar-refractivity contribution in [3.8, 4) is 0 Å². The first-order valence-corrected chi connectivity index (χ1v) is 11.2. The van der Waals surface area contributed by atoms with Gasteiger partial charge in [-0.1, -0.05) is 6.07 Å². The van der Waals surface area contributed by atoms with Crippen LogP contribution in [0.25, 0.3) is 0 Å². The first kappa shape index (κ1) is 24.7. The highest BCUT2D eigenvalue weighted by molar-refractivity contribution is 14.0. The molecule has 2 aromatic rings. The zero-order valence-corrected chi connectivity index (χ0v) is 21.1. The zero-order valence-electron chi connectivity index (χ0n) is 18.7. The maximum atomic E-state index is 14.7. The molecule has 2 aliphatic heterocycles. The normalized spacial score (nSPS) is 19.3. The van der Waals surface area contributed by atoms with Gasteiger partial charge in [-0.2, -0.15) is 5.10 Å². The highest BCUT2D eigenvalue weighted by Gasteiger charge is 2.24. The number of aryl methyl sites for hydroxylation is 2. The van der Waals surface area contributed by atoms with Gasteiger partial charge >= 0.3 is 0 Å². The lowest BCUT2D eigenvalue weighted by atomic mass is 10.1. The largest absolute Gasteiger partial charge is 0.393 e. The van der Waals surface area contributed by atoms with Crippen molar-refractivity contribution in [1.29, 1.82) is 0 Å². The molecule has 0 amide bonds. The number of nitrogens with one attached hydrogen (secondary N) is 2. The number of aliphatic hydroxyl groups is 1. The van der Waals surface area contributed by atoms with Crippen LogP contribution in [-0.2, 0) is 13.1 Å². The predicted octanol–water partition coefficient (Wildman–Crippen LogP) is 2.89. The van der Waals surface area contributed by atoms with E-state index in [0.29, 0.717) is 44.1 Å². The lowest BCUT2D eigenvalue weighted by Crippen LogP contribution is -2.41. The third kappa shape index (κ3) is 5.89. The summed E-state index contributed by atoms with van der Waals surface area (Å²) in [5.74, 6) is 2.18. The van der Waals surface area contributed by atoms with E-state index in [9.17, 15) is 9.50 Å². The second kappa shape index (κ2) is 11.3. The van der Waals surface area contributed by atoms with Gasteiger partial charge in [0.2, 0.25) is 0 Å². The molecule has 1 saturated heterocycles. The summed E-state index contributed by atoms with van der Waals surface area (Å²) in [5.41, 5.74) is 1.42. The molecule has 0 spiro atoms. The molecule has 1 fully saturated rings. The molecule has 8 nitrogen and oxygen atoms in total. The minimum Gasteiger partial charge on any atom is -0.393 e. The van der Waals surface area contributed by atoms with E-state index >= 15 is 0 Å². The molecule has 1 unspecified atom stereocenters. The summed E-state index contributed by atoms with van der Waals surface area (Å²) >= 11 is 0. The molecule has 3 heterocycles. The Balaban J connectivity index is 0.00000289. The number of aromatic nitrogens is 3. The van der Waals surface area contributed by atoms with Crippen LogP contribution in [0.1, 0.15) is 55.9 Å². The van der Waals surface area contributed by atoms with E-state index in [4.69, 9.17) is 0 Å². The number of rotatable bonds is 5. The number of nitrogens with zero attached hydrogens (tertiary/aromatic N) is 5. The maximum absolute atomic E-state index is 14.7. The summed E-state index contributed by atoms with van der Waals surface area (Å²) in [6, 6.07) is 5.37. The van der Waals surface area contributed by atoms with Crippen LogP contribution in [-0.4, -0.2) is 51.6 Å². The summed E-state index contributed by atoms with van der Waals surface area (Å²) in [6.45, 7) is 7.29. The molecule has 10 heteroatoms. The summed E-state index contributed by atoms with van der Waals surface area (Å²) in [7, 11) is 0. The van der Waals surface area contributed by atoms with Gasteiger partial charge in [0.1, 0.15) is 17.5 Å². The summed E-state index contributed by atoms with van der Waals surface area (Å²) < 4.78 is 16.7. The fourth-order valence-corrected chi connectivity index (χ4v) is 4.27. The smallest absolute Gasteiger partial charge is 0.192 e. The zero-order chi connectivity index (χ0) is 21.8. The Hall–Kier alpha value is -1.95. The predicted molar refractivity (Wildman–Crippen MR) is 134 cm³/mol. The van der Waals surface area contributed by atoms with Crippen molar-refractivity contribution >= 4 is 35.6 Å². The second-order valence-corrected chi connectivity index (χ2v) is 8.28. The van der Waals surface area contributed by atoms with Crippen LogP contribution in [0.2, 0.25) is 0 Å². The Labute approximate surface area is 205 Å². The van der Waals surface area contributed by atoms with Crippen molar-refractivity contribution in [2.24, 2.45) is 4.99 Å². The standard InChI is InChI=1S/C22H32FN7O.HI/c1-3-24-22(27-19-5-4-10-30-21(19)26-15(2)28-30)25-14-16-6-7-20(18(23)13-16)29-11-8-17(31)9-12-29;/h6-7,13,17,19,31H,3-5,8-12,14H2,1-2H3,(H2,24,25,27);1H. The number of aliphatic hydroxyl groups excluding tert-OH is 1. The third-order valence-corrected chi connectivity index (χ3v) is 5.87. The number of halogens is 2. The molecular formula is C22H33FIN7O. The van der Waals surface area contributed by atoms with Crippen molar-refractivity contribution in [2.45, 2.75) is 64.8 Å². The lowest BCUT2D eigenvalue weighted by molar-refractivity contribution is 0.145. The van der Waals surface area contributed by atoms with Gasteiger partial charge < -0.3 is 20.6 Å². The van der Waals surface area contributed by atoms with Crippen LogP contribution in [0, 0.1) is 12.7 Å². The van der Waals surface area contributed by atoms with Crippen molar-refractivity contribution in [2.75, 3.05) is 24.5 Å². The van der Waals surface area contributed by atoms with E-state index in [1.807, 2.05) is 35.6 Å². The summed E-state index contributed by atoms with van der Waals surface area (Å²) in [6.07, 6.45) is 3.09. The molecule has 176 valence electrons. The Morgan fingerprint density at radius 3 is 2.75 bits per heavy atom. The quantitative estimate of drug-likeness (QED) is 0.298. The lowest BCUT2D eigenvalue weighted by Gasteiger charge is -2.31. The Kier molecular flexibility index (Phi) is 8.69. The van der Waals surface area contributed by atoms with Gasteiger partial charge in [0.15, 0.2) is 5.96 Å². The second-order valence-electron chi connectivity index (χ2n) is 8.28. The van der Waals surface area contributed by atoms with Crippen molar-refractivity contribution in [3.63, 3.8) is 0 Å². The van der Waals surface area contributed by atoms with Crippen LogP contribution < -0.4 is 15.5 Å². The van der Waals surface area contributed by atoms with Crippen LogP contribution in [0.5, 0.6) is 0 Å². The Morgan fingerprint density at radius 2 is 2.03 bits per heavy atom. The first-order chi connectivity index (χ1) is 15.0. The van der Waals surface area contributed by atoms with Crippen molar-refractivity contribution in [1.82, 2.24) is 25.4 Å². The van der Waals surface area contributed by atoms with Crippen LogP contribution in [0.3, 0.4) is 0 Å². The number of piperidine rings is 1. The fraction of sp³-hybridized carbons (Fsp3) is 0.591. The highest BCUT2D eigenvalue weighted by Crippen LogP contribution is 2.25. The maximum Gasteiger partial charge on any atom is 0.192 e. The SMILES string of the molecule is CCNC(=NCc1ccc(N2CCC(O)CC2)c(F)c1)NC1CCCn2nc(C)nc21.I. The van der Waals surface area contributed by atoms with E-state index in [0.717, 1.165) is 43.1 Å². The van der Waals surface area contributed by atoms with E-state index in [-0.39, 0.29) is 41.9 Å². The van der Waals surface area contributed by atoms with E-state index in [1.54, 1.807) is 6.07 Å². The van der Waals surface area contributed by atoms with Gasteiger partial charge in [0.25, 0.3) is 0 Å². The minimum absolute atomic E-state index is 0. The van der Waals surface area contributed by atoms with Gasteiger partial charge in [-0.3, -0.25) is 0 Å². The molecule has 0 bridgehead atoms.